The van der Waals surface area contributed by atoms with Crippen molar-refractivity contribution >= 4 is 23.4 Å². The minimum absolute atomic E-state index is 0.241. The quantitative estimate of drug-likeness (QED) is 0.852. The second kappa shape index (κ2) is 7.65. The van der Waals surface area contributed by atoms with Crippen molar-refractivity contribution in [2.75, 3.05) is 0 Å². The molecule has 3 N–H and O–H groups in total. The molecular formula is C17H17ClN2O3. The minimum Gasteiger partial charge on any atom is -0.480 e. The molecule has 6 heteroatoms. The van der Waals surface area contributed by atoms with Crippen LogP contribution in [0.1, 0.15) is 22.8 Å². The van der Waals surface area contributed by atoms with Gasteiger partial charge in [-0.3, -0.25) is 9.59 Å². The summed E-state index contributed by atoms with van der Waals surface area (Å²) in [6.45, 7) is 1.97. The second-order valence-electron chi connectivity index (χ2n) is 4.96. The van der Waals surface area contributed by atoms with Crippen molar-refractivity contribution in [2.24, 2.45) is 5.73 Å². The van der Waals surface area contributed by atoms with Crippen LogP contribution in [0.2, 0.25) is 5.02 Å². The number of benzene rings is 2. The Labute approximate surface area is 139 Å². The summed E-state index contributed by atoms with van der Waals surface area (Å²) in [5.74, 6) is -0.609. The van der Waals surface area contributed by atoms with Crippen LogP contribution in [0.25, 0.3) is 0 Å². The molecule has 0 spiro atoms. The SMILES string of the molecule is C[C@@H](Oc1ccccc1C(N)=O)C(=O)NCc1ccc(Cl)cc1. The van der Waals surface area contributed by atoms with E-state index in [1.165, 1.54) is 0 Å². The Bertz CT molecular complexity index is 701. The molecule has 0 saturated heterocycles. The molecule has 2 aromatic carbocycles. The fraction of sp³-hybridized carbons (Fsp3) is 0.176. The molecule has 0 saturated carbocycles. The van der Waals surface area contributed by atoms with E-state index in [-0.39, 0.29) is 17.2 Å². The first-order valence-corrected chi connectivity index (χ1v) is 7.43. The number of hydrogen-bond acceptors (Lipinski definition) is 3. The van der Waals surface area contributed by atoms with Crippen molar-refractivity contribution in [2.45, 2.75) is 19.6 Å². The molecule has 0 aromatic heterocycles. The van der Waals surface area contributed by atoms with E-state index < -0.39 is 12.0 Å². The van der Waals surface area contributed by atoms with Crippen LogP contribution in [-0.4, -0.2) is 17.9 Å². The number of rotatable bonds is 6. The Balaban J connectivity index is 1.95. The van der Waals surface area contributed by atoms with Gasteiger partial charge in [0.25, 0.3) is 11.8 Å². The van der Waals surface area contributed by atoms with Crippen LogP contribution in [0.4, 0.5) is 0 Å². The lowest BCUT2D eigenvalue weighted by molar-refractivity contribution is -0.127. The third-order valence-electron chi connectivity index (χ3n) is 3.21. The maximum absolute atomic E-state index is 12.1. The number of amides is 2. The number of nitrogens with two attached hydrogens (primary N) is 1. The van der Waals surface area contributed by atoms with Crippen molar-refractivity contribution in [1.82, 2.24) is 5.32 Å². The third kappa shape index (κ3) is 4.72. The van der Waals surface area contributed by atoms with E-state index in [1.807, 2.05) is 12.1 Å². The monoisotopic (exact) mass is 332 g/mol. The molecule has 0 radical (unpaired) electrons. The predicted molar refractivity (Wildman–Crippen MR) is 88.3 cm³/mol. The minimum atomic E-state index is -0.761. The van der Waals surface area contributed by atoms with Gasteiger partial charge in [-0.25, -0.2) is 0 Å². The summed E-state index contributed by atoms with van der Waals surface area (Å²) in [6.07, 6.45) is -0.761. The van der Waals surface area contributed by atoms with E-state index in [0.717, 1.165) is 5.56 Å². The summed E-state index contributed by atoms with van der Waals surface area (Å²) < 4.78 is 5.54. The Morgan fingerprint density at radius 2 is 1.83 bits per heavy atom. The van der Waals surface area contributed by atoms with Crippen LogP contribution >= 0.6 is 11.6 Å². The van der Waals surface area contributed by atoms with Crippen molar-refractivity contribution in [3.05, 3.63) is 64.7 Å². The Kier molecular flexibility index (Phi) is 5.60. The molecule has 2 aromatic rings. The van der Waals surface area contributed by atoms with Gasteiger partial charge in [0.05, 0.1) is 5.56 Å². The molecule has 2 amide bonds. The average molecular weight is 333 g/mol. The lowest BCUT2D eigenvalue weighted by atomic mass is 10.2. The number of ether oxygens (including phenoxy) is 1. The number of halogens is 1. The third-order valence-corrected chi connectivity index (χ3v) is 3.46. The number of nitrogens with one attached hydrogen (secondary N) is 1. The highest BCUT2D eigenvalue weighted by Crippen LogP contribution is 2.18. The fourth-order valence-corrected chi connectivity index (χ4v) is 2.08. The zero-order chi connectivity index (χ0) is 16.8. The number of primary amides is 1. The highest BCUT2D eigenvalue weighted by molar-refractivity contribution is 6.30. The number of hydrogen-bond donors (Lipinski definition) is 2. The fourth-order valence-electron chi connectivity index (χ4n) is 1.95. The molecule has 0 aliphatic rings. The molecular weight excluding hydrogens is 316 g/mol. The smallest absolute Gasteiger partial charge is 0.261 e. The maximum Gasteiger partial charge on any atom is 0.261 e. The van der Waals surface area contributed by atoms with Crippen LogP contribution in [-0.2, 0) is 11.3 Å². The van der Waals surface area contributed by atoms with E-state index in [4.69, 9.17) is 22.1 Å². The number of para-hydroxylation sites is 1. The molecule has 1 atom stereocenters. The molecule has 0 fully saturated rings. The Morgan fingerprint density at radius 3 is 2.48 bits per heavy atom. The summed E-state index contributed by atoms with van der Waals surface area (Å²) >= 11 is 5.81. The normalized spacial score (nSPS) is 11.6. The molecule has 0 unspecified atom stereocenters. The molecule has 0 aliphatic carbocycles. The highest BCUT2D eigenvalue weighted by atomic mass is 35.5. The van der Waals surface area contributed by atoms with Gasteiger partial charge in [-0.1, -0.05) is 35.9 Å². The molecule has 0 heterocycles. The van der Waals surface area contributed by atoms with Crippen molar-refractivity contribution in [3.63, 3.8) is 0 Å². The zero-order valence-corrected chi connectivity index (χ0v) is 13.3. The van der Waals surface area contributed by atoms with Gasteiger partial charge in [0, 0.05) is 11.6 Å². The van der Waals surface area contributed by atoms with Gasteiger partial charge in [-0.2, -0.15) is 0 Å². The summed E-state index contributed by atoms with van der Waals surface area (Å²) in [7, 11) is 0. The van der Waals surface area contributed by atoms with Gasteiger partial charge in [-0.15, -0.1) is 0 Å². The Hall–Kier alpha value is -2.53. The maximum atomic E-state index is 12.1. The molecule has 120 valence electrons. The molecule has 0 bridgehead atoms. The van der Waals surface area contributed by atoms with Crippen LogP contribution in [0.15, 0.2) is 48.5 Å². The van der Waals surface area contributed by atoms with E-state index in [1.54, 1.807) is 43.3 Å². The summed E-state index contributed by atoms with van der Waals surface area (Å²) in [5, 5.41) is 3.40. The highest BCUT2D eigenvalue weighted by Gasteiger charge is 2.17. The standard InChI is InChI=1S/C17H17ClN2O3/c1-11(23-15-5-3-2-4-14(15)16(19)21)17(22)20-10-12-6-8-13(18)9-7-12/h2-9,11H,10H2,1H3,(H2,19,21)(H,20,22)/t11-/m1/s1. The molecule has 2 rings (SSSR count). The number of carbonyl (C=O) groups excluding carboxylic acids is 2. The van der Waals surface area contributed by atoms with Crippen LogP contribution in [0.5, 0.6) is 5.75 Å². The van der Waals surface area contributed by atoms with E-state index >= 15 is 0 Å². The van der Waals surface area contributed by atoms with Gasteiger partial charge in [0.1, 0.15) is 5.75 Å². The zero-order valence-electron chi connectivity index (χ0n) is 12.6. The van der Waals surface area contributed by atoms with Crippen molar-refractivity contribution < 1.29 is 14.3 Å². The summed E-state index contributed by atoms with van der Waals surface area (Å²) in [4.78, 5) is 23.4. The van der Waals surface area contributed by atoms with Crippen LogP contribution < -0.4 is 15.8 Å². The first kappa shape index (κ1) is 16.8. The van der Waals surface area contributed by atoms with Crippen molar-refractivity contribution in [1.29, 1.82) is 0 Å². The Morgan fingerprint density at radius 1 is 1.17 bits per heavy atom. The molecule has 23 heavy (non-hydrogen) atoms. The first-order chi connectivity index (χ1) is 11.0. The second-order valence-corrected chi connectivity index (χ2v) is 5.40. The van der Waals surface area contributed by atoms with Gasteiger partial charge < -0.3 is 15.8 Å². The van der Waals surface area contributed by atoms with Crippen LogP contribution in [0, 0.1) is 0 Å². The van der Waals surface area contributed by atoms with Gasteiger partial charge in [-0.05, 0) is 36.8 Å². The molecule has 5 nitrogen and oxygen atoms in total. The van der Waals surface area contributed by atoms with Crippen molar-refractivity contribution in [3.8, 4) is 5.75 Å². The number of carbonyl (C=O) groups is 2. The lowest BCUT2D eigenvalue weighted by Gasteiger charge is -2.16. The largest absolute Gasteiger partial charge is 0.480 e. The van der Waals surface area contributed by atoms with Gasteiger partial charge in [0.15, 0.2) is 6.10 Å². The molecule has 0 aliphatic heterocycles. The first-order valence-electron chi connectivity index (χ1n) is 7.05. The predicted octanol–water partition coefficient (Wildman–Crippen LogP) is 2.52. The summed E-state index contributed by atoms with van der Waals surface area (Å²) in [6, 6.07) is 13.7. The van der Waals surface area contributed by atoms with E-state index in [0.29, 0.717) is 11.6 Å². The van der Waals surface area contributed by atoms with Gasteiger partial charge in [0.2, 0.25) is 0 Å². The summed E-state index contributed by atoms with van der Waals surface area (Å²) in [5.41, 5.74) is 6.45. The van der Waals surface area contributed by atoms with Gasteiger partial charge >= 0.3 is 0 Å². The average Bonchev–Trinajstić information content (AvgIpc) is 2.54. The van der Waals surface area contributed by atoms with E-state index in [2.05, 4.69) is 5.32 Å². The van der Waals surface area contributed by atoms with E-state index in [9.17, 15) is 9.59 Å². The lowest BCUT2D eigenvalue weighted by Crippen LogP contribution is -2.36. The topological polar surface area (TPSA) is 81.4 Å². The van der Waals surface area contributed by atoms with Crippen LogP contribution in [0.3, 0.4) is 0 Å².